The molecule has 0 rings (SSSR count). The van der Waals surface area contributed by atoms with Crippen molar-refractivity contribution in [2.24, 2.45) is 0 Å². The molecular formula is C5H9NO. The van der Waals surface area contributed by atoms with Crippen LogP contribution in [0.4, 0.5) is 0 Å². The molecule has 0 fully saturated rings. The molecule has 0 heterocycles. The number of ketones is 1. The van der Waals surface area contributed by atoms with Gasteiger partial charge < -0.3 is 5.41 Å². The van der Waals surface area contributed by atoms with Crippen LogP contribution in [0.3, 0.4) is 0 Å². The molecule has 0 atom stereocenters. The Bertz CT molecular complexity index is 96.3. The van der Waals surface area contributed by atoms with Crippen molar-refractivity contribution in [1.82, 2.24) is 0 Å². The summed E-state index contributed by atoms with van der Waals surface area (Å²) < 4.78 is 0. The number of Topliss-reactive ketones (excluding diaryl/α,β-unsaturated/α-hetero) is 1. The Labute approximate surface area is 43.0 Å². The van der Waals surface area contributed by atoms with Crippen LogP contribution in [0.25, 0.3) is 0 Å². The SMILES string of the molecule is CCC(=N)C(C)=O. The fourth-order valence-electron chi connectivity index (χ4n) is 0.249. The molecule has 2 nitrogen and oxygen atoms in total. The van der Waals surface area contributed by atoms with Gasteiger partial charge in [-0.3, -0.25) is 4.79 Å². The molecule has 2 heteroatoms. The number of hydrogen-bond acceptors (Lipinski definition) is 2. The van der Waals surface area contributed by atoms with Crippen LogP contribution < -0.4 is 0 Å². The van der Waals surface area contributed by atoms with Crippen molar-refractivity contribution in [3.05, 3.63) is 0 Å². The lowest BCUT2D eigenvalue weighted by atomic mass is 10.2. The van der Waals surface area contributed by atoms with Crippen LogP contribution in [-0.2, 0) is 4.79 Å². The van der Waals surface area contributed by atoms with Gasteiger partial charge in [0, 0.05) is 6.92 Å². The van der Waals surface area contributed by atoms with E-state index in [9.17, 15) is 4.79 Å². The van der Waals surface area contributed by atoms with E-state index in [0.717, 1.165) is 0 Å². The highest BCUT2D eigenvalue weighted by atomic mass is 16.1. The number of hydrogen-bond donors (Lipinski definition) is 1. The minimum atomic E-state index is -0.123. The first kappa shape index (κ1) is 6.34. The van der Waals surface area contributed by atoms with Crippen LogP contribution in [0.15, 0.2) is 0 Å². The Morgan fingerprint density at radius 3 is 2.14 bits per heavy atom. The van der Waals surface area contributed by atoms with E-state index in [1.54, 1.807) is 6.92 Å². The highest BCUT2D eigenvalue weighted by molar-refractivity contribution is 6.37. The maximum atomic E-state index is 10.2. The summed E-state index contributed by atoms with van der Waals surface area (Å²) in [5, 5.41) is 6.84. The quantitative estimate of drug-likeness (QED) is 0.515. The first-order chi connectivity index (χ1) is 3.18. The van der Waals surface area contributed by atoms with Gasteiger partial charge in [0.25, 0.3) is 0 Å². The van der Waals surface area contributed by atoms with E-state index in [-0.39, 0.29) is 11.5 Å². The molecule has 0 spiro atoms. The summed E-state index contributed by atoms with van der Waals surface area (Å²) >= 11 is 0. The molecule has 0 aromatic rings. The van der Waals surface area contributed by atoms with Crippen LogP contribution >= 0.6 is 0 Å². The molecule has 0 radical (unpaired) electrons. The van der Waals surface area contributed by atoms with Crippen molar-refractivity contribution in [3.63, 3.8) is 0 Å². The normalized spacial score (nSPS) is 8.29. The molecule has 0 aromatic heterocycles. The van der Waals surface area contributed by atoms with E-state index in [1.165, 1.54) is 6.92 Å². The molecule has 0 aromatic carbocycles. The monoisotopic (exact) mass is 99.1 g/mol. The molecule has 0 aliphatic carbocycles. The van der Waals surface area contributed by atoms with Gasteiger partial charge in [-0.25, -0.2) is 0 Å². The van der Waals surface area contributed by atoms with E-state index in [1.807, 2.05) is 0 Å². The predicted octanol–water partition coefficient (Wildman–Crippen LogP) is 1.01. The van der Waals surface area contributed by atoms with Gasteiger partial charge in [0.1, 0.15) is 0 Å². The fraction of sp³-hybridized carbons (Fsp3) is 0.600. The third-order valence-corrected chi connectivity index (χ3v) is 0.779. The molecule has 0 saturated heterocycles. The standard InChI is InChI=1S/C5H9NO/c1-3-5(6)4(2)7/h6H,3H2,1-2H3. The van der Waals surface area contributed by atoms with Crippen LogP contribution in [0, 0.1) is 5.41 Å². The number of carbonyl (C=O) groups is 1. The maximum absolute atomic E-state index is 10.2. The molecule has 0 aliphatic heterocycles. The molecule has 0 unspecified atom stereocenters. The van der Waals surface area contributed by atoms with Crippen molar-refractivity contribution in [2.75, 3.05) is 0 Å². The van der Waals surface area contributed by atoms with Gasteiger partial charge in [0.05, 0.1) is 5.71 Å². The Balaban J connectivity index is 3.58. The van der Waals surface area contributed by atoms with Crippen LogP contribution in [-0.4, -0.2) is 11.5 Å². The lowest BCUT2D eigenvalue weighted by molar-refractivity contribution is -0.111. The van der Waals surface area contributed by atoms with Crippen molar-refractivity contribution < 1.29 is 4.79 Å². The lowest BCUT2D eigenvalue weighted by Crippen LogP contribution is -2.04. The van der Waals surface area contributed by atoms with E-state index in [0.29, 0.717) is 6.42 Å². The second-order valence-electron chi connectivity index (χ2n) is 1.39. The first-order valence-electron chi connectivity index (χ1n) is 2.26. The zero-order chi connectivity index (χ0) is 5.86. The van der Waals surface area contributed by atoms with Gasteiger partial charge >= 0.3 is 0 Å². The van der Waals surface area contributed by atoms with Crippen LogP contribution in [0.2, 0.25) is 0 Å². The Kier molecular flexibility index (Phi) is 2.27. The molecule has 0 saturated carbocycles. The van der Waals surface area contributed by atoms with Gasteiger partial charge in [0.15, 0.2) is 5.78 Å². The Morgan fingerprint density at radius 1 is 1.71 bits per heavy atom. The number of carbonyl (C=O) groups excluding carboxylic acids is 1. The second kappa shape index (κ2) is 2.50. The first-order valence-corrected chi connectivity index (χ1v) is 2.26. The van der Waals surface area contributed by atoms with Crippen molar-refractivity contribution in [3.8, 4) is 0 Å². The molecular weight excluding hydrogens is 90.1 g/mol. The predicted molar refractivity (Wildman–Crippen MR) is 28.7 cm³/mol. The third kappa shape index (κ3) is 2.09. The molecule has 7 heavy (non-hydrogen) atoms. The minimum Gasteiger partial charge on any atom is -0.302 e. The van der Waals surface area contributed by atoms with E-state index < -0.39 is 0 Å². The highest BCUT2D eigenvalue weighted by Crippen LogP contribution is 1.80. The summed E-state index contributed by atoms with van der Waals surface area (Å²) in [6.45, 7) is 3.20. The minimum absolute atomic E-state index is 0.123. The van der Waals surface area contributed by atoms with Gasteiger partial charge in [-0.1, -0.05) is 6.92 Å². The average Bonchev–Trinajstić information content (AvgIpc) is 1.65. The second-order valence-corrected chi connectivity index (χ2v) is 1.39. The Morgan fingerprint density at radius 2 is 2.14 bits per heavy atom. The largest absolute Gasteiger partial charge is 0.302 e. The zero-order valence-electron chi connectivity index (χ0n) is 4.62. The Hall–Kier alpha value is -0.660. The summed E-state index contributed by atoms with van der Waals surface area (Å²) in [5.74, 6) is -0.123. The molecule has 1 N–H and O–H groups in total. The van der Waals surface area contributed by atoms with Crippen molar-refractivity contribution >= 4 is 11.5 Å². The number of nitrogens with one attached hydrogen (secondary N) is 1. The smallest absolute Gasteiger partial charge is 0.173 e. The molecule has 0 bridgehead atoms. The van der Waals surface area contributed by atoms with E-state index in [4.69, 9.17) is 5.41 Å². The summed E-state index contributed by atoms with van der Waals surface area (Å²) in [7, 11) is 0. The zero-order valence-corrected chi connectivity index (χ0v) is 4.62. The molecule has 40 valence electrons. The van der Waals surface area contributed by atoms with Crippen LogP contribution in [0.1, 0.15) is 20.3 Å². The van der Waals surface area contributed by atoms with Gasteiger partial charge in [-0.2, -0.15) is 0 Å². The van der Waals surface area contributed by atoms with Crippen LogP contribution in [0.5, 0.6) is 0 Å². The number of rotatable bonds is 2. The summed E-state index contributed by atoms with van der Waals surface area (Å²) in [6.07, 6.45) is 0.551. The lowest BCUT2D eigenvalue weighted by Gasteiger charge is -1.86. The van der Waals surface area contributed by atoms with Gasteiger partial charge in [-0.05, 0) is 6.42 Å². The molecule has 0 aliphatic rings. The van der Waals surface area contributed by atoms with Gasteiger partial charge in [-0.15, -0.1) is 0 Å². The summed E-state index contributed by atoms with van der Waals surface area (Å²) in [4.78, 5) is 10.2. The fourth-order valence-corrected chi connectivity index (χ4v) is 0.249. The topological polar surface area (TPSA) is 40.9 Å². The van der Waals surface area contributed by atoms with E-state index >= 15 is 0 Å². The highest BCUT2D eigenvalue weighted by Gasteiger charge is 1.95. The summed E-state index contributed by atoms with van der Waals surface area (Å²) in [6, 6.07) is 0. The van der Waals surface area contributed by atoms with E-state index in [2.05, 4.69) is 0 Å². The van der Waals surface area contributed by atoms with Crippen molar-refractivity contribution in [1.29, 1.82) is 5.41 Å². The maximum Gasteiger partial charge on any atom is 0.173 e. The average molecular weight is 99.1 g/mol. The summed E-state index contributed by atoms with van der Waals surface area (Å²) in [5.41, 5.74) is 0.208. The van der Waals surface area contributed by atoms with Crippen molar-refractivity contribution in [2.45, 2.75) is 20.3 Å². The van der Waals surface area contributed by atoms with Gasteiger partial charge in [0.2, 0.25) is 0 Å². The third-order valence-electron chi connectivity index (χ3n) is 0.779. The molecule has 0 amide bonds.